The maximum Gasteiger partial charge on any atom is 0.238 e. The summed E-state index contributed by atoms with van der Waals surface area (Å²) in [4.78, 5) is 28.1. The molecule has 1 N–H and O–H groups in total. The largest absolute Gasteiger partial charge is 0.325 e. The van der Waals surface area contributed by atoms with E-state index in [0.717, 1.165) is 38.4 Å². The van der Waals surface area contributed by atoms with Gasteiger partial charge in [-0.1, -0.05) is 30.3 Å². The Bertz CT molecular complexity index is 736. The molecule has 1 fully saturated rings. The molecule has 0 unspecified atom stereocenters. The molecule has 1 saturated heterocycles. The van der Waals surface area contributed by atoms with Crippen LogP contribution in [0.5, 0.6) is 0 Å². The van der Waals surface area contributed by atoms with Gasteiger partial charge in [0, 0.05) is 44.0 Å². The highest BCUT2D eigenvalue weighted by Gasteiger charge is 2.19. The second-order valence-electron chi connectivity index (χ2n) is 6.72. The van der Waals surface area contributed by atoms with Gasteiger partial charge in [-0.25, -0.2) is 0 Å². The van der Waals surface area contributed by atoms with Crippen LogP contribution in [0.2, 0.25) is 0 Å². The molecule has 0 spiro atoms. The van der Waals surface area contributed by atoms with Crippen LogP contribution in [0, 0.1) is 0 Å². The maximum atomic E-state index is 12.2. The van der Waals surface area contributed by atoms with Gasteiger partial charge in [0.1, 0.15) is 0 Å². The number of nitrogens with one attached hydrogen (secondary N) is 1. The van der Waals surface area contributed by atoms with Crippen LogP contribution in [0.15, 0.2) is 54.6 Å². The summed E-state index contributed by atoms with van der Waals surface area (Å²) in [6, 6.07) is 17.5. The van der Waals surface area contributed by atoms with Gasteiger partial charge in [0.25, 0.3) is 0 Å². The SMILES string of the molecule is CC(=O)c1ccc(NC(=O)CN2CCN(Cc3ccccc3)CC2)cc1. The number of anilines is 1. The van der Waals surface area contributed by atoms with Crippen molar-refractivity contribution in [1.82, 2.24) is 9.80 Å². The van der Waals surface area contributed by atoms with E-state index in [0.29, 0.717) is 12.1 Å². The molecule has 2 aromatic rings. The van der Waals surface area contributed by atoms with Gasteiger partial charge in [0.05, 0.1) is 6.54 Å². The average Bonchev–Trinajstić information content (AvgIpc) is 2.64. The molecule has 0 radical (unpaired) electrons. The summed E-state index contributed by atoms with van der Waals surface area (Å²) in [6.07, 6.45) is 0. The van der Waals surface area contributed by atoms with E-state index in [1.807, 2.05) is 6.07 Å². The summed E-state index contributed by atoms with van der Waals surface area (Å²) in [5.41, 5.74) is 2.70. The van der Waals surface area contributed by atoms with Crippen molar-refractivity contribution in [1.29, 1.82) is 0 Å². The number of benzene rings is 2. The number of ketones is 1. The highest BCUT2D eigenvalue weighted by Crippen LogP contribution is 2.11. The number of rotatable bonds is 6. The zero-order valence-electron chi connectivity index (χ0n) is 15.1. The first-order valence-corrected chi connectivity index (χ1v) is 8.99. The van der Waals surface area contributed by atoms with Gasteiger partial charge in [-0.15, -0.1) is 0 Å². The molecule has 1 amide bonds. The third-order valence-electron chi connectivity index (χ3n) is 4.66. The Balaban J connectivity index is 1.42. The van der Waals surface area contributed by atoms with E-state index in [9.17, 15) is 9.59 Å². The number of Topliss-reactive ketones (excluding diaryl/α,β-unsaturated/α-hetero) is 1. The fourth-order valence-corrected chi connectivity index (χ4v) is 3.14. The Labute approximate surface area is 154 Å². The van der Waals surface area contributed by atoms with Crippen molar-refractivity contribution in [3.05, 3.63) is 65.7 Å². The normalized spacial score (nSPS) is 15.6. The number of nitrogens with zero attached hydrogens (tertiary/aromatic N) is 2. The standard InChI is InChI=1S/C21H25N3O2/c1-17(25)19-7-9-20(10-8-19)22-21(26)16-24-13-11-23(12-14-24)15-18-5-3-2-4-6-18/h2-10H,11-16H2,1H3,(H,22,26). The molecule has 0 atom stereocenters. The molecule has 1 aliphatic heterocycles. The molecular weight excluding hydrogens is 326 g/mol. The van der Waals surface area contributed by atoms with Crippen LogP contribution in [-0.4, -0.2) is 54.2 Å². The Morgan fingerprint density at radius 1 is 0.885 bits per heavy atom. The highest BCUT2D eigenvalue weighted by atomic mass is 16.2. The van der Waals surface area contributed by atoms with Crippen molar-refractivity contribution in [3.8, 4) is 0 Å². The van der Waals surface area contributed by atoms with Crippen LogP contribution in [0.1, 0.15) is 22.8 Å². The molecule has 136 valence electrons. The summed E-state index contributed by atoms with van der Waals surface area (Å²) >= 11 is 0. The van der Waals surface area contributed by atoms with Crippen molar-refractivity contribution in [3.63, 3.8) is 0 Å². The number of amides is 1. The van der Waals surface area contributed by atoms with Crippen LogP contribution in [-0.2, 0) is 11.3 Å². The molecule has 3 rings (SSSR count). The van der Waals surface area contributed by atoms with E-state index >= 15 is 0 Å². The van der Waals surface area contributed by atoms with Gasteiger partial charge >= 0.3 is 0 Å². The topological polar surface area (TPSA) is 52.7 Å². The molecule has 2 aromatic carbocycles. The summed E-state index contributed by atoms with van der Waals surface area (Å²) in [6.45, 7) is 6.61. The van der Waals surface area contributed by atoms with E-state index in [1.165, 1.54) is 12.5 Å². The van der Waals surface area contributed by atoms with E-state index < -0.39 is 0 Å². The smallest absolute Gasteiger partial charge is 0.238 e. The summed E-state index contributed by atoms with van der Waals surface area (Å²) in [7, 11) is 0. The minimum absolute atomic E-state index is 0.0166. The molecule has 5 nitrogen and oxygen atoms in total. The average molecular weight is 351 g/mol. The van der Waals surface area contributed by atoms with Crippen molar-refractivity contribution in [2.75, 3.05) is 38.0 Å². The van der Waals surface area contributed by atoms with Gasteiger partial charge in [-0.2, -0.15) is 0 Å². The van der Waals surface area contributed by atoms with Gasteiger partial charge in [-0.3, -0.25) is 19.4 Å². The monoisotopic (exact) mass is 351 g/mol. The molecule has 26 heavy (non-hydrogen) atoms. The molecular formula is C21H25N3O2. The zero-order valence-corrected chi connectivity index (χ0v) is 15.1. The summed E-state index contributed by atoms with van der Waals surface area (Å²) in [5, 5.41) is 2.90. The molecule has 0 bridgehead atoms. The van der Waals surface area contributed by atoms with Crippen molar-refractivity contribution < 1.29 is 9.59 Å². The molecule has 1 aliphatic rings. The third kappa shape index (κ3) is 5.25. The van der Waals surface area contributed by atoms with Gasteiger partial charge in [0.15, 0.2) is 5.78 Å². The number of carbonyl (C=O) groups excluding carboxylic acids is 2. The maximum absolute atomic E-state index is 12.2. The second kappa shape index (κ2) is 8.74. The summed E-state index contributed by atoms with van der Waals surface area (Å²) in [5.74, 6) is 0.00772. The predicted octanol–water partition coefficient (Wildman–Crippen LogP) is 2.65. The second-order valence-corrected chi connectivity index (χ2v) is 6.72. The number of hydrogen-bond donors (Lipinski definition) is 1. The van der Waals surface area contributed by atoms with Crippen LogP contribution in [0.25, 0.3) is 0 Å². The minimum Gasteiger partial charge on any atom is -0.325 e. The third-order valence-corrected chi connectivity index (χ3v) is 4.66. The van der Waals surface area contributed by atoms with E-state index in [1.54, 1.807) is 24.3 Å². The highest BCUT2D eigenvalue weighted by molar-refractivity contribution is 5.96. The lowest BCUT2D eigenvalue weighted by molar-refractivity contribution is -0.117. The minimum atomic E-state index is -0.0166. The van der Waals surface area contributed by atoms with Crippen LogP contribution < -0.4 is 5.32 Å². The van der Waals surface area contributed by atoms with Crippen LogP contribution >= 0.6 is 0 Å². The Hall–Kier alpha value is -2.50. The molecule has 0 aliphatic carbocycles. The van der Waals surface area contributed by atoms with Crippen molar-refractivity contribution in [2.24, 2.45) is 0 Å². The molecule has 0 aromatic heterocycles. The van der Waals surface area contributed by atoms with Gasteiger partial charge < -0.3 is 5.32 Å². The van der Waals surface area contributed by atoms with Crippen LogP contribution in [0.4, 0.5) is 5.69 Å². The zero-order chi connectivity index (χ0) is 18.4. The summed E-state index contributed by atoms with van der Waals surface area (Å²) < 4.78 is 0. The Morgan fingerprint density at radius 2 is 1.50 bits per heavy atom. The van der Waals surface area contributed by atoms with E-state index in [2.05, 4.69) is 39.4 Å². The fraction of sp³-hybridized carbons (Fsp3) is 0.333. The number of hydrogen-bond acceptors (Lipinski definition) is 4. The number of carbonyl (C=O) groups is 2. The van der Waals surface area contributed by atoms with Crippen molar-refractivity contribution in [2.45, 2.75) is 13.5 Å². The van der Waals surface area contributed by atoms with Gasteiger partial charge in [0.2, 0.25) is 5.91 Å². The first-order valence-electron chi connectivity index (χ1n) is 8.99. The van der Waals surface area contributed by atoms with E-state index in [-0.39, 0.29) is 11.7 Å². The Kier molecular flexibility index (Phi) is 6.15. The molecule has 0 saturated carbocycles. The van der Waals surface area contributed by atoms with E-state index in [4.69, 9.17) is 0 Å². The molecule has 5 heteroatoms. The lowest BCUT2D eigenvalue weighted by Crippen LogP contribution is -2.48. The lowest BCUT2D eigenvalue weighted by Gasteiger charge is -2.34. The van der Waals surface area contributed by atoms with Gasteiger partial charge in [-0.05, 0) is 36.8 Å². The number of piperazine rings is 1. The lowest BCUT2D eigenvalue weighted by atomic mass is 10.1. The first kappa shape index (κ1) is 18.3. The first-order chi connectivity index (χ1) is 12.6. The van der Waals surface area contributed by atoms with Crippen molar-refractivity contribution >= 4 is 17.4 Å². The quantitative estimate of drug-likeness (QED) is 0.813. The fourth-order valence-electron chi connectivity index (χ4n) is 3.14. The Morgan fingerprint density at radius 3 is 2.12 bits per heavy atom. The molecule has 1 heterocycles. The predicted molar refractivity (Wildman–Crippen MR) is 103 cm³/mol. The van der Waals surface area contributed by atoms with Crippen LogP contribution in [0.3, 0.4) is 0 Å².